The molecule has 0 unspecified atom stereocenters. The predicted molar refractivity (Wildman–Crippen MR) is 77.3 cm³/mol. The van der Waals surface area contributed by atoms with Gasteiger partial charge in [-0.05, 0) is 22.6 Å². The fraction of sp³-hybridized carbons (Fsp3) is 1.00. The van der Waals surface area contributed by atoms with Crippen molar-refractivity contribution in [1.29, 1.82) is 0 Å². The topological polar surface area (TPSA) is 40.5 Å². The van der Waals surface area contributed by atoms with E-state index in [1.54, 1.807) is 0 Å². The average molecular weight is 266 g/mol. The van der Waals surface area contributed by atoms with Gasteiger partial charge in [0.25, 0.3) is 0 Å². The second kappa shape index (κ2) is 6.64. The van der Waals surface area contributed by atoms with Crippen LogP contribution in [-0.2, 0) is 0 Å². The third kappa shape index (κ3) is 5.92. The molecule has 0 aliphatic heterocycles. The second-order valence-electron chi connectivity index (χ2n) is 6.15. The lowest BCUT2D eigenvalue weighted by Gasteiger charge is -2.34. The van der Waals surface area contributed by atoms with Crippen molar-refractivity contribution in [3.8, 4) is 0 Å². The molecule has 0 amide bonds. The van der Waals surface area contributed by atoms with E-state index in [4.69, 9.17) is 0 Å². The van der Waals surface area contributed by atoms with Crippen LogP contribution in [0.1, 0.15) is 41.5 Å². The van der Waals surface area contributed by atoms with Crippen molar-refractivity contribution in [3.63, 3.8) is 0 Å². The lowest BCUT2D eigenvalue weighted by atomic mass is 10.3. The fourth-order valence-electron chi connectivity index (χ4n) is 1.48. The van der Waals surface area contributed by atoms with Gasteiger partial charge >= 0.3 is 0 Å². The van der Waals surface area contributed by atoms with Crippen LogP contribution in [0.15, 0.2) is 0 Å². The molecule has 0 aliphatic rings. The predicted octanol–water partition coefficient (Wildman–Crippen LogP) is 3.45. The molecule has 2 N–H and O–H groups in total. The van der Waals surface area contributed by atoms with Crippen LogP contribution in [0.2, 0.25) is 0 Å². The Kier molecular flexibility index (Phi) is 6.97. The van der Waals surface area contributed by atoms with E-state index >= 15 is 0 Å². The van der Waals surface area contributed by atoms with E-state index in [2.05, 4.69) is 41.5 Å². The summed E-state index contributed by atoms with van der Waals surface area (Å²) in [5.41, 5.74) is 0. The van der Waals surface area contributed by atoms with Gasteiger partial charge in [0.1, 0.15) is 0 Å². The quantitative estimate of drug-likeness (QED) is 0.748. The van der Waals surface area contributed by atoms with E-state index in [0.717, 1.165) is 12.3 Å². The highest BCUT2D eigenvalue weighted by Gasteiger charge is 2.27. The second-order valence-corrected chi connectivity index (χ2v) is 12.5. The standard InChI is InChI=1S/C12H28O2P2/c1-11(2,3)15(9-13)7-8-16(10-14)12(4,5)6/h13-14H,7-10H2,1-6H3/t15-,16-/m0/s1. The van der Waals surface area contributed by atoms with E-state index in [0.29, 0.717) is 12.7 Å². The third-order valence-corrected chi connectivity index (χ3v) is 9.24. The monoisotopic (exact) mass is 266 g/mol. The molecule has 0 aromatic rings. The molecule has 4 heteroatoms. The Morgan fingerprint density at radius 3 is 1.06 bits per heavy atom. The average Bonchev–Trinajstić information content (AvgIpc) is 2.08. The highest BCUT2D eigenvalue weighted by molar-refractivity contribution is 7.63. The van der Waals surface area contributed by atoms with E-state index < -0.39 is 0 Å². The van der Waals surface area contributed by atoms with Crippen LogP contribution in [0, 0.1) is 0 Å². The van der Waals surface area contributed by atoms with Gasteiger partial charge in [-0.3, -0.25) is 0 Å². The molecular weight excluding hydrogens is 238 g/mol. The summed E-state index contributed by atoms with van der Waals surface area (Å²) in [6.45, 7) is 13.2. The van der Waals surface area contributed by atoms with Crippen LogP contribution in [-0.4, -0.2) is 45.5 Å². The van der Waals surface area contributed by atoms with Gasteiger partial charge in [-0.2, -0.15) is 0 Å². The molecular formula is C12H28O2P2. The van der Waals surface area contributed by atoms with Crippen molar-refractivity contribution >= 4 is 15.8 Å². The van der Waals surface area contributed by atoms with Gasteiger partial charge in [-0.1, -0.05) is 57.4 Å². The first-order valence-corrected chi connectivity index (χ1v) is 9.27. The summed E-state index contributed by atoms with van der Waals surface area (Å²) in [4.78, 5) is 0. The molecule has 0 saturated heterocycles. The van der Waals surface area contributed by atoms with E-state index in [1.165, 1.54) is 0 Å². The smallest absolute Gasteiger partial charge is 0.0629 e. The van der Waals surface area contributed by atoms with Gasteiger partial charge < -0.3 is 10.2 Å². The number of hydrogen-bond acceptors (Lipinski definition) is 2. The molecule has 2 nitrogen and oxygen atoms in total. The van der Waals surface area contributed by atoms with Crippen molar-refractivity contribution in [1.82, 2.24) is 0 Å². The minimum Gasteiger partial charge on any atom is -0.392 e. The first-order chi connectivity index (χ1) is 7.12. The van der Waals surface area contributed by atoms with E-state index in [9.17, 15) is 10.2 Å². The lowest BCUT2D eigenvalue weighted by Crippen LogP contribution is -2.20. The molecule has 0 aromatic carbocycles. The number of hydrogen-bond donors (Lipinski definition) is 2. The summed E-state index contributed by atoms with van der Waals surface area (Å²) in [7, 11) is -0.648. The summed E-state index contributed by atoms with van der Waals surface area (Å²) in [5, 5.41) is 19.3. The van der Waals surface area contributed by atoms with Gasteiger partial charge in [0.05, 0.1) is 12.7 Å². The fourth-order valence-corrected chi connectivity index (χ4v) is 5.88. The Bertz CT molecular complexity index is 172. The maximum Gasteiger partial charge on any atom is 0.0629 e. The van der Waals surface area contributed by atoms with Crippen LogP contribution >= 0.6 is 15.8 Å². The van der Waals surface area contributed by atoms with Gasteiger partial charge in [0.15, 0.2) is 0 Å². The van der Waals surface area contributed by atoms with Crippen molar-refractivity contribution in [2.75, 3.05) is 25.0 Å². The van der Waals surface area contributed by atoms with Crippen LogP contribution in [0.3, 0.4) is 0 Å². The molecule has 16 heavy (non-hydrogen) atoms. The van der Waals surface area contributed by atoms with Crippen LogP contribution in [0.5, 0.6) is 0 Å². The number of aliphatic hydroxyl groups is 2. The zero-order valence-electron chi connectivity index (χ0n) is 11.6. The first kappa shape index (κ1) is 16.8. The minimum absolute atomic E-state index is 0.221. The Balaban J connectivity index is 4.30. The largest absolute Gasteiger partial charge is 0.392 e. The summed E-state index contributed by atoms with van der Waals surface area (Å²) in [5.74, 6) is 0. The summed E-state index contributed by atoms with van der Waals surface area (Å²) in [6.07, 6.45) is 2.80. The molecule has 0 aromatic heterocycles. The Hall–Kier alpha value is 0.780. The minimum atomic E-state index is -0.324. The molecule has 0 bridgehead atoms. The van der Waals surface area contributed by atoms with Gasteiger partial charge in [0.2, 0.25) is 0 Å². The van der Waals surface area contributed by atoms with Crippen molar-refractivity contribution in [2.24, 2.45) is 0 Å². The summed E-state index contributed by atoms with van der Waals surface area (Å²) >= 11 is 0. The molecule has 0 heterocycles. The third-order valence-electron chi connectivity index (χ3n) is 2.88. The Morgan fingerprint density at radius 1 is 0.688 bits per heavy atom. The number of rotatable bonds is 5. The molecule has 0 rings (SSSR count). The Labute approximate surface area is 103 Å². The van der Waals surface area contributed by atoms with Crippen molar-refractivity contribution in [2.45, 2.75) is 51.9 Å². The molecule has 2 atom stereocenters. The number of aliphatic hydroxyl groups excluding tert-OH is 2. The highest BCUT2D eigenvalue weighted by Crippen LogP contribution is 2.54. The molecule has 0 spiro atoms. The molecule has 0 saturated carbocycles. The summed E-state index contributed by atoms with van der Waals surface area (Å²) in [6, 6.07) is 0. The van der Waals surface area contributed by atoms with Crippen molar-refractivity contribution in [3.05, 3.63) is 0 Å². The Morgan fingerprint density at radius 2 is 0.938 bits per heavy atom. The molecule has 0 radical (unpaired) electrons. The van der Waals surface area contributed by atoms with Gasteiger partial charge in [-0.15, -0.1) is 0 Å². The van der Waals surface area contributed by atoms with Crippen LogP contribution < -0.4 is 0 Å². The van der Waals surface area contributed by atoms with Gasteiger partial charge in [0, 0.05) is 0 Å². The normalized spacial score (nSPS) is 17.2. The molecule has 0 fully saturated rings. The van der Waals surface area contributed by atoms with Gasteiger partial charge in [-0.25, -0.2) is 0 Å². The molecule has 0 aliphatic carbocycles. The van der Waals surface area contributed by atoms with Crippen molar-refractivity contribution < 1.29 is 10.2 Å². The SMILES string of the molecule is CC(C)(C)[P@](CO)CC[P@@](CO)C(C)(C)C. The lowest BCUT2D eigenvalue weighted by molar-refractivity contribution is 0.365. The van der Waals surface area contributed by atoms with E-state index in [1.807, 2.05) is 0 Å². The zero-order chi connectivity index (χ0) is 13.0. The first-order valence-electron chi connectivity index (χ1n) is 5.84. The maximum absolute atomic E-state index is 9.42. The van der Waals surface area contributed by atoms with Crippen LogP contribution in [0.25, 0.3) is 0 Å². The zero-order valence-corrected chi connectivity index (χ0v) is 13.4. The maximum atomic E-state index is 9.42. The highest BCUT2D eigenvalue weighted by atomic mass is 31.1. The van der Waals surface area contributed by atoms with Crippen LogP contribution in [0.4, 0.5) is 0 Å². The molecule has 98 valence electrons. The van der Waals surface area contributed by atoms with E-state index in [-0.39, 0.29) is 26.2 Å². The summed E-state index contributed by atoms with van der Waals surface area (Å²) < 4.78 is 0.